The summed E-state index contributed by atoms with van der Waals surface area (Å²) in [6.07, 6.45) is 0.871. The molecule has 1 aliphatic rings. The van der Waals surface area contributed by atoms with Crippen LogP contribution in [0.5, 0.6) is 0 Å². The second-order valence-corrected chi connectivity index (χ2v) is 7.10. The molecule has 2 rings (SSSR count). The predicted molar refractivity (Wildman–Crippen MR) is 78.2 cm³/mol. The second-order valence-electron chi connectivity index (χ2n) is 5.33. The van der Waals surface area contributed by atoms with E-state index in [2.05, 4.69) is 9.46 Å². The van der Waals surface area contributed by atoms with Crippen molar-refractivity contribution >= 4 is 16.1 Å². The Kier molecular flexibility index (Phi) is 5.53. The number of nitrogens with zero attached hydrogens (tertiary/aromatic N) is 1. The summed E-state index contributed by atoms with van der Waals surface area (Å²) >= 11 is 0. The van der Waals surface area contributed by atoms with Crippen LogP contribution in [-0.4, -0.2) is 46.2 Å². The Labute approximate surface area is 133 Å². The van der Waals surface area contributed by atoms with Gasteiger partial charge >= 0.3 is 6.09 Å². The fourth-order valence-electron chi connectivity index (χ4n) is 2.40. The minimum Gasteiger partial charge on any atom is -0.453 e. The van der Waals surface area contributed by atoms with Crippen molar-refractivity contribution in [1.82, 2.24) is 9.62 Å². The molecule has 1 saturated heterocycles. The summed E-state index contributed by atoms with van der Waals surface area (Å²) in [5, 5.41) is 0. The van der Waals surface area contributed by atoms with Crippen molar-refractivity contribution in [3.05, 3.63) is 29.8 Å². The molecule has 1 aliphatic heterocycles. The molecule has 6 nitrogen and oxygen atoms in total. The highest BCUT2D eigenvalue weighted by Crippen LogP contribution is 2.19. The summed E-state index contributed by atoms with van der Waals surface area (Å²) in [5.74, 6) is -2.24. The number of hydrogen-bond donors (Lipinski definition) is 1. The SMILES string of the molecule is COC(=O)N1CCC(CNS(=O)(=O)c2ccc(F)c(F)c2)CC1. The van der Waals surface area contributed by atoms with Crippen molar-refractivity contribution in [2.75, 3.05) is 26.7 Å². The Bertz CT molecular complexity index is 673. The number of methoxy groups -OCH3 is 1. The van der Waals surface area contributed by atoms with Gasteiger partial charge < -0.3 is 9.64 Å². The number of piperidine rings is 1. The van der Waals surface area contributed by atoms with Crippen molar-refractivity contribution in [2.45, 2.75) is 17.7 Å². The van der Waals surface area contributed by atoms with Gasteiger partial charge in [0, 0.05) is 19.6 Å². The zero-order chi connectivity index (χ0) is 17.0. The molecule has 0 radical (unpaired) electrons. The van der Waals surface area contributed by atoms with Gasteiger partial charge in [0.15, 0.2) is 11.6 Å². The number of benzene rings is 1. The molecule has 0 aliphatic carbocycles. The molecule has 0 bridgehead atoms. The van der Waals surface area contributed by atoms with Crippen LogP contribution in [0.1, 0.15) is 12.8 Å². The fraction of sp³-hybridized carbons (Fsp3) is 0.500. The topological polar surface area (TPSA) is 75.7 Å². The Morgan fingerprint density at radius 1 is 1.30 bits per heavy atom. The minimum atomic E-state index is -3.90. The number of carbonyl (C=O) groups is 1. The summed E-state index contributed by atoms with van der Waals surface area (Å²) in [5.41, 5.74) is 0. The van der Waals surface area contributed by atoms with Gasteiger partial charge in [0.05, 0.1) is 12.0 Å². The van der Waals surface area contributed by atoms with Crippen molar-refractivity contribution in [1.29, 1.82) is 0 Å². The van der Waals surface area contributed by atoms with Crippen LogP contribution in [0.25, 0.3) is 0 Å². The van der Waals surface area contributed by atoms with E-state index in [4.69, 9.17) is 0 Å². The van der Waals surface area contributed by atoms with E-state index in [0.29, 0.717) is 32.0 Å². The maximum atomic E-state index is 13.1. The average molecular weight is 348 g/mol. The van der Waals surface area contributed by atoms with Crippen molar-refractivity contribution in [3.8, 4) is 0 Å². The molecule has 128 valence electrons. The first-order valence-electron chi connectivity index (χ1n) is 7.11. The van der Waals surface area contributed by atoms with E-state index in [1.165, 1.54) is 7.11 Å². The number of amides is 1. The number of nitrogens with one attached hydrogen (secondary N) is 1. The van der Waals surface area contributed by atoms with Crippen LogP contribution >= 0.6 is 0 Å². The highest BCUT2D eigenvalue weighted by molar-refractivity contribution is 7.89. The smallest absolute Gasteiger partial charge is 0.409 e. The van der Waals surface area contributed by atoms with Gasteiger partial charge in [0.2, 0.25) is 10.0 Å². The Hall–Kier alpha value is -1.74. The molecule has 0 saturated carbocycles. The monoisotopic (exact) mass is 348 g/mol. The first-order valence-corrected chi connectivity index (χ1v) is 8.59. The third-order valence-electron chi connectivity index (χ3n) is 3.81. The van der Waals surface area contributed by atoms with Gasteiger partial charge in [-0.1, -0.05) is 0 Å². The van der Waals surface area contributed by atoms with E-state index in [0.717, 1.165) is 12.1 Å². The lowest BCUT2D eigenvalue weighted by molar-refractivity contribution is 0.106. The number of ether oxygens (including phenoxy) is 1. The molecule has 23 heavy (non-hydrogen) atoms. The van der Waals surface area contributed by atoms with E-state index >= 15 is 0 Å². The molecule has 1 fully saturated rings. The van der Waals surface area contributed by atoms with Crippen molar-refractivity contribution in [3.63, 3.8) is 0 Å². The van der Waals surface area contributed by atoms with Gasteiger partial charge in [-0.2, -0.15) is 0 Å². The maximum Gasteiger partial charge on any atom is 0.409 e. The number of likely N-dealkylation sites (tertiary alicyclic amines) is 1. The molecular formula is C14H18F2N2O4S. The molecule has 1 heterocycles. The molecule has 0 spiro atoms. The van der Waals surface area contributed by atoms with E-state index in [1.807, 2.05) is 0 Å². The van der Waals surface area contributed by atoms with Gasteiger partial charge in [-0.3, -0.25) is 0 Å². The summed E-state index contributed by atoms with van der Waals surface area (Å²) in [7, 11) is -2.59. The van der Waals surface area contributed by atoms with E-state index < -0.39 is 27.8 Å². The van der Waals surface area contributed by atoms with Gasteiger partial charge in [-0.15, -0.1) is 0 Å². The summed E-state index contributed by atoms with van der Waals surface area (Å²) in [4.78, 5) is 12.6. The van der Waals surface area contributed by atoms with Crippen molar-refractivity contribution in [2.24, 2.45) is 5.92 Å². The number of carbonyl (C=O) groups excluding carboxylic acids is 1. The van der Waals surface area contributed by atoms with Crippen molar-refractivity contribution < 1.29 is 26.7 Å². The van der Waals surface area contributed by atoms with Crippen LogP contribution < -0.4 is 4.72 Å². The zero-order valence-corrected chi connectivity index (χ0v) is 13.4. The molecule has 9 heteroatoms. The molecule has 0 unspecified atom stereocenters. The van der Waals surface area contributed by atoms with Crippen LogP contribution in [-0.2, 0) is 14.8 Å². The highest BCUT2D eigenvalue weighted by atomic mass is 32.2. The van der Waals surface area contributed by atoms with Gasteiger partial charge in [0.1, 0.15) is 0 Å². The Morgan fingerprint density at radius 2 is 1.96 bits per heavy atom. The van der Waals surface area contributed by atoms with Crippen LogP contribution in [0.2, 0.25) is 0 Å². The summed E-state index contributed by atoms with van der Waals surface area (Å²) in [6.45, 7) is 1.16. The van der Waals surface area contributed by atoms with Gasteiger partial charge in [0.25, 0.3) is 0 Å². The van der Waals surface area contributed by atoms with Crippen LogP contribution in [0.3, 0.4) is 0 Å². The number of sulfonamides is 1. The third kappa shape index (κ3) is 4.38. The predicted octanol–water partition coefficient (Wildman–Crippen LogP) is 1.72. The first kappa shape index (κ1) is 17.6. The number of rotatable bonds is 4. The van der Waals surface area contributed by atoms with E-state index in [9.17, 15) is 22.0 Å². The Morgan fingerprint density at radius 3 is 2.52 bits per heavy atom. The summed E-state index contributed by atoms with van der Waals surface area (Å²) in [6, 6.07) is 2.44. The molecule has 1 aromatic rings. The largest absolute Gasteiger partial charge is 0.453 e. The highest BCUT2D eigenvalue weighted by Gasteiger charge is 2.25. The first-order chi connectivity index (χ1) is 10.8. The van der Waals surface area contributed by atoms with Crippen LogP contribution in [0.15, 0.2) is 23.1 Å². The second kappa shape index (κ2) is 7.22. The normalized spacial score (nSPS) is 16.4. The van der Waals surface area contributed by atoms with Gasteiger partial charge in [-0.25, -0.2) is 26.7 Å². The lowest BCUT2D eigenvalue weighted by Gasteiger charge is -2.30. The lowest BCUT2D eigenvalue weighted by atomic mass is 9.97. The van der Waals surface area contributed by atoms with E-state index in [1.54, 1.807) is 4.90 Å². The lowest BCUT2D eigenvalue weighted by Crippen LogP contribution is -2.41. The molecule has 0 atom stereocenters. The standard InChI is InChI=1S/C14H18F2N2O4S/c1-22-14(19)18-6-4-10(5-7-18)9-17-23(20,21)11-2-3-12(15)13(16)8-11/h2-3,8,10,17H,4-7,9H2,1H3. The number of halogens is 2. The molecule has 1 aromatic carbocycles. The zero-order valence-electron chi connectivity index (χ0n) is 12.6. The Balaban J connectivity index is 1.90. The molecule has 0 aromatic heterocycles. The average Bonchev–Trinajstić information content (AvgIpc) is 2.55. The molecular weight excluding hydrogens is 330 g/mol. The summed E-state index contributed by atoms with van der Waals surface area (Å²) < 4.78 is 57.2. The number of hydrogen-bond acceptors (Lipinski definition) is 4. The molecule has 1 amide bonds. The van der Waals surface area contributed by atoms with E-state index in [-0.39, 0.29) is 17.4 Å². The van der Waals surface area contributed by atoms with Gasteiger partial charge in [-0.05, 0) is 37.0 Å². The fourth-order valence-corrected chi connectivity index (χ4v) is 3.53. The maximum absolute atomic E-state index is 13.1. The van der Waals surface area contributed by atoms with Crippen LogP contribution in [0, 0.1) is 17.6 Å². The van der Waals surface area contributed by atoms with Crippen LogP contribution in [0.4, 0.5) is 13.6 Å². The third-order valence-corrected chi connectivity index (χ3v) is 5.23. The quantitative estimate of drug-likeness (QED) is 0.899. The minimum absolute atomic E-state index is 0.0657. The molecule has 1 N–H and O–H groups in total.